The molecule has 0 aliphatic carbocycles. The Kier molecular flexibility index (Phi) is 4.80. The van der Waals surface area contributed by atoms with Gasteiger partial charge >= 0.3 is 0 Å². The molecule has 0 spiro atoms. The predicted octanol–water partition coefficient (Wildman–Crippen LogP) is 9.34. The van der Waals surface area contributed by atoms with Crippen molar-refractivity contribution in [1.82, 2.24) is 9.55 Å². The maximum absolute atomic E-state index is 5.14. The number of hydrogen-bond donors (Lipinski definition) is 0. The molecule has 0 radical (unpaired) electrons. The van der Waals surface area contributed by atoms with Crippen LogP contribution in [-0.4, -0.2) is 9.55 Å². The van der Waals surface area contributed by atoms with E-state index in [1.165, 1.54) is 48.0 Å². The lowest BCUT2D eigenvalue weighted by atomic mass is 9.95. The van der Waals surface area contributed by atoms with Crippen molar-refractivity contribution in [2.45, 2.75) is 13.8 Å². The van der Waals surface area contributed by atoms with Crippen molar-refractivity contribution < 1.29 is 0 Å². The second-order valence-electron chi connectivity index (χ2n) is 9.36. The Balaban J connectivity index is 1.50. The minimum absolute atomic E-state index is 0.981. The summed E-state index contributed by atoms with van der Waals surface area (Å²) >= 11 is 1.86. The molecule has 0 unspecified atom stereocenters. The second kappa shape index (κ2) is 8.18. The van der Waals surface area contributed by atoms with Crippen LogP contribution >= 0.6 is 11.3 Å². The first-order valence-electron chi connectivity index (χ1n) is 12.2. The summed E-state index contributed by atoms with van der Waals surface area (Å²) in [4.78, 5) is 5.14. The summed E-state index contributed by atoms with van der Waals surface area (Å²) in [5.74, 6) is 0.981. The van der Waals surface area contributed by atoms with Gasteiger partial charge in [-0.2, -0.15) is 0 Å². The molecule has 2 aromatic heterocycles. The lowest BCUT2D eigenvalue weighted by Gasteiger charge is -2.10. The molecular weight excluding hydrogens is 456 g/mol. The second-order valence-corrected chi connectivity index (χ2v) is 10.4. The maximum Gasteiger partial charge on any atom is 0.147 e. The van der Waals surface area contributed by atoms with Gasteiger partial charge in [0.1, 0.15) is 5.82 Å². The molecule has 3 heteroatoms. The van der Waals surface area contributed by atoms with Gasteiger partial charge < -0.3 is 0 Å². The number of rotatable bonds is 3. The number of aromatic nitrogens is 2. The summed E-state index contributed by atoms with van der Waals surface area (Å²) < 4.78 is 4.87. The third-order valence-electron chi connectivity index (χ3n) is 7.08. The van der Waals surface area contributed by atoms with Crippen molar-refractivity contribution in [3.8, 4) is 28.2 Å². The van der Waals surface area contributed by atoms with E-state index in [0.29, 0.717) is 0 Å². The number of para-hydroxylation sites is 3. The van der Waals surface area contributed by atoms with Crippen LogP contribution in [0.15, 0.2) is 109 Å². The van der Waals surface area contributed by atoms with Gasteiger partial charge in [0, 0.05) is 31.4 Å². The summed E-state index contributed by atoms with van der Waals surface area (Å²) in [6.45, 7) is 4.40. The average Bonchev–Trinajstić information content (AvgIpc) is 3.47. The monoisotopic (exact) mass is 480 g/mol. The Labute approximate surface area is 214 Å². The Morgan fingerprint density at radius 2 is 1.42 bits per heavy atom. The third kappa shape index (κ3) is 3.20. The van der Waals surface area contributed by atoms with Crippen molar-refractivity contribution in [2.75, 3.05) is 0 Å². The molecular formula is C33H24N2S. The van der Waals surface area contributed by atoms with Gasteiger partial charge in [-0.15, -0.1) is 11.3 Å². The van der Waals surface area contributed by atoms with E-state index in [2.05, 4.69) is 128 Å². The first kappa shape index (κ1) is 21.1. The van der Waals surface area contributed by atoms with Crippen LogP contribution in [-0.2, 0) is 0 Å². The number of thiophene rings is 1. The zero-order chi connectivity index (χ0) is 24.2. The smallest absolute Gasteiger partial charge is 0.147 e. The standard InChI is InChI=1S/C33H24N2S/c1-21-10-8-11-22(2)31(21)23-18-19-25-26-14-9-15-27(32(26)36-30(25)20-23)33-34-28-16-6-7-17-29(28)35(33)24-12-4-3-5-13-24/h3-20H,1-2H3. The third-order valence-corrected chi connectivity index (χ3v) is 8.29. The molecule has 0 atom stereocenters. The summed E-state index contributed by atoms with van der Waals surface area (Å²) in [7, 11) is 0. The quantitative estimate of drug-likeness (QED) is 0.246. The first-order chi connectivity index (χ1) is 17.7. The molecule has 0 amide bonds. The van der Waals surface area contributed by atoms with Crippen LogP contribution in [0.5, 0.6) is 0 Å². The molecule has 0 saturated carbocycles. The number of fused-ring (bicyclic) bond motifs is 4. The van der Waals surface area contributed by atoms with Crippen molar-refractivity contribution in [3.05, 3.63) is 120 Å². The number of hydrogen-bond acceptors (Lipinski definition) is 2. The van der Waals surface area contributed by atoms with Crippen LogP contribution in [0, 0.1) is 13.8 Å². The maximum atomic E-state index is 5.14. The van der Waals surface area contributed by atoms with Gasteiger partial charge in [0.05, 0.1) is 11.0 Å². The van der Waals surface area contributed by atoms with Crippen LogP contribution in [0.4, 0.5) is 0 Å². The minimum Gasteiger partial charge on any atom is -0.292 e. The largest absolute Gasteiger partial charge is 0.292 e. The van der Waals surface area contributed by atoms with Crippen molar-refractivity contribution in [3.63, 3.8) is 0 Å². The molecule has 7 aromatic rings. The fourth-order valence-corrected chi connectivity index (χ4v) is 6.70. The lowest BCUT2D eigenvalue weighted by molar-refractivity contribution is 1.11. The first-order valence-corrected chi connectivity index (χ1v) is 13.1. The fourth-order valence-electron chi connectivity index (χ4n) is 5.44. The molecule has 0 aliphatic rings. The minimum atomic E-state index is 0.981. The number of imidazole rings is 1. The number of nitrogens with zero attached hydrogens (tertiary/aromatic N) is 2. The Bertz CT molecular complexity index is 1890. The number of benzene rings is 5. The number of aryl methyl sites for hydroxylation is 2. The van der Waals surface area contributed by atoms with Gasteiger partial charge in [0.15, 0.2) is 0 Å². The highest BCUT2D eigenvalue weighted by molar-refractivity contribution is 7.26. The van der Waals surface area contributed by atoms with Gasteiger partial charge in [-0.05, 0) is 72.5 Å². The molecule has 0 N–H and O–H groups in total. The van der Waals surface area contributed by atoms with E-state index in [9.17, 15) is 0 Å². The van der Waals surface area contributed by atoms with Crippen LogP contribution in [0.2, 0.25) is 0 Å². The topological polar surface area (TPSA) is 17.8 Å². The lowest BCUT2D eigenvalue weighted by Crippen LogP contribution is -1.97. The van der Waals surface area contributed by atoms with E-state index in [1.807, 2.05) is 11.3 Å². The molecule has 172 valence electrons. The molecule has 0 fully saturated rings. The zero-order valence-corrected chi connectivity index (χ0v) is 21.0. The summed E-state index contributed by atoms with van der Waals surface area (Å²) in [5, 5.41) is 2.58. The highest BCUT2D eigenvalue weighted by atomic mass is 32.1. The molecule has 0 aliphatic heterocycles. The van der Waals surface area contributed by atoms with Crippen molar-refractivity contribution >= 4 is 42.5 Å². The van der Waals surface area contributed by atoms with Crippen LogP contribution in [0.25, 0.3) is 59.4 Å². The van der Waals surface area contributed by atoms with Crippen molar-refractivity contribution in [1.29, 1.82) is 0 Å². The molecule has 5 aromatic carbocycles. The summed E-state index contributed by atoms with van der Waals surface area (Å²) in [6, 6.07) is 39.0. The van der Waals surface area contributed by atoms with E-state index in [0.717, 1.165) is 22.5 Å². The zero-order valence-electron chi connectivity index (χ0n) is 20.2. The van der Waals surface area contributed by atoms with Gasteiger partial charge in [-0.3, -0.25) is 4.57 Å². The SMILES string of the molecule is Cc1cccc(C)c1-c1ccc2c(c1)sc1c(-c3nc4ccccc4n3-c3ccccc3)cccc12. The summed E-state index contributed by atoms with van der Waals surface area (Å²) in [5.41, 5.74) is 9.66. The Morgan fingerprint density at radius 1 is 0.667 bits per heavy atom. The van der Waals surface area contributed by atoms with E-state index in [4.69, 9.17) is 4.98 Å². The Hall–Kier alpha value is -4.21. The van der Waals surface area contributed by atoms with Gasteiger partial charge in [0.2, 0.25) is 0 Å². The molecule has 2 heterocycles. The van der Waals surface area contributed by atoms with Gasteiger partial charge in [0.25, 0.3) is 0 Å². The van der Waals surface area contributed by atoms with Crippen LogP contribution in [0.3, 0.4) is 0 Å². The average molecular weight is 481 g/mol. The van der Waals surface area contributed by atoms with Crippen LogP contribution in [0.1, 0.15) is 11.1 Å². The van der Waals surface area contributed by atoms with Gasteiger partial charge in [-0.1, -0.05) is 72.8 Å². The molecule has 0 saturated heterocycles. The predicted molar refractivity (Wildman–Crippen MR) is 154 cm³/mol. The molecule has 7 rings (SSSR count). The van der Waals surface area contributed by atoms with E-state index < -0.39 is 0 Å². The van der Waals surface area contributed by atoms with E-state index in [-0.39, 0.29) is 0 Å². The molecule has 36 heavy (non-hydrogen) atoms. The van der Waals surface area contributed by atoms with Crippen molar-refractivity contribution in [2.24, 2.45) is 0 Å². The van der Waals surface area contributed by atoms with E-state index in [1.54, 1.807) is 0 Å². The fraction of sp³-hybridized carbons (Fsp3) is 0.0606. The molecule has 2 nitrogen and oxygen atoms in total. The molecule has 0 bridgehead atoms. The van der Waals surface area contributed by atoms with Gasteiger partial charge in [-0.25, -0.2) is 4.98 Å². The van der Waals surface area contributed by atoms with E-state index >= 15 is 0 Å². The summed E-state index contributed by atoms with van der Waals surface area (Å²) in [6.07, 6.45) is 0. The normalized spacial score (nSPS) is 11.6. The Morgan fingerprint density at radius 3 is 2.25 bits per heavy atom. The van der Waals surface area contributed by atoms with Crippen LogP contribution < -0.4 is 0 Å². The highest BCUT2D eigenvalue weighted by Crippen LogP contribution is 2.42. The highest BCUT2D eigenvalue weighted by Gasteiger charge is 2.18.